The molecule has 112 valence electrons. The number of carbonyl (C=O) groups is 2. The Kier molecular flexibility index (Phi) is 3.78. The van der Waals surface area contributed by atoms with E-state index in [1.54, 1.807) is 24.3 Å². The van der Waals surface area contributed by atoms with Gasteiger partial charge >= 0.3 is 5.97 Å². The summed E-state index contributed by atoms with van der Waals surface area (Å²) in [5, 5.41) is 8.99. The fraction of sp³-hybridized carbons (Fsp3) is 0.176. The third kappa shape index (κ3) is 2.79. The van der Waals surface area contributed by atoms with Crippen LogP contribution < -0.4 is 9.64 Å². The number of hydrogen-bond acceptors (Lipinski definition) is 3. The van der Waals surface area contributed by atoms with Gasteiger partial charge in [0.15, 0.2) is 0 Å². The van der Waals surface area contributed by atoms with Gasteiger partial charge in [-0.3, -0.25) is 9.59 Å². The maximum Gasteiger partial charge on any atom is 0.316 e. The number of ether oxygens (including phenoxy) is 1. The molecule has 0 aliphatic carbocycles. The van der Waals surface area contributed by atoms with E-state index in [-0.39, 0.29) is 5.91 Å². The number of amides is 1. The highest BCUT2D eigenvalue weighted by atomic mass is 16.5. The second kappa shape index (κ2) is 5.89. The van der Waals surface area contributed by atoms with Crippen molar-refractivity contribution in [1.82, 2.24) is 0 Å². The van der Waals surface area contributed by atoms with Crippen LogP contribution in [0.4, 0.5) is 5.69 Å². The Labute approximate surface area is 127 Å². The van der Waals surface area contributed by atoms with Crippen molar-refractivity contribution in [2.24, 2.45) is 5.92 Å². The standard InChI is InChI=1S/C17H15NO4/c19-16-15(17(20)21)10-11-18(16)12-6-8-14(9-7-12)22-13-4-2-1-3-5-13/h1-9,15H,10-11H2,(H,20,21). The van der Waals surface area contributed by atoms with Crippen molar-refractivity contribution >= 4 is 17.6 Å². The number of aliphatic carboxylic acids is 1. The fourth-order valence-electron chi connectivity index (χ4n) is 2.48. The van der Waals surface area contributed by atoms with Gasteiger partial charge in [-0.15, -0.1) is 0 Å². The molecule has 0 bridgehead atoms. The van der Waals surface area contributed by atoms with Crippen LogP contribution in [0, 0.1) is 5.92 Å². The minimum absolute atomic E-state index is 0.344. The van der Waals surface area contributed by atoms with Crippen LogP contribution in [0.2, 0.25) is 0 Å². The van der Waals surface area contributed by atoms with Gasteiger partial charge in [0.05, 0.1) is 0 Å². The lowest BCUT2D eigenvalue weighted by atomic mass is 10.1. The molecule has 3 rings (SSSR count). The molecule has 1 fully saturated rings. The number of para-hydroxylation sites is 1. The van der Waals surface area contributed by atoms with Crippen LogP contribution in [-0.2, 0) is 9.59 Å². The molecular weight excluding hydrogens is 282 g/mol. The van der Waals surface area contributed by atoms with E-state index in [1.165, 1.54) is 4.90 Å². The Morgan fingerprint density at radius 3 is 2.27 bits per heavy atom. The molecule has 0 radical (unpaired) electrons. The van der Waals surface area contributed by atoms with Crippen molar-refractivity contribution in [2.75, 3.05) is 11.4 Å². The molecule has 22 heavy (non-hydrogen) atoms. The number of anilines is 1. The van der Waals surface area contributed by atoms with Crippen LogP contribution in [-0.4, -0.2) is 23.5 Å². The van der Waals surface area contributed by atoms with Crippen LogP contribution in [0.25, 0.3) is 0 Å². The Balaban J connectivity index is 1.72. The molecule has 1 unspecified atom stereocenters. The van der Waals surface area contributed by atoms with Crippen LogP contribution >= 0.6 is 0 Å². The molecule has 2 aromatic rings. The lowest BCUT2D eigenvalue weighted by Crippen LogP contribution is -2.29. The van der Waals surface area contributed by atoms with Crippen molar-refractivity contribution in [3.63, 3.8) is 0 Å². The summed E-state index contributed by atoms with van der Waals surface area (Å²) in [6.07, 6.45) is 0.344. The third-order valence-corrected chi connectivity index (χ3v) is 3.63. The van der Waals surface area contributed by atoms with Gasteiger partial charge in [0.1, 0.15) is 17.4 Å². The number of carboxylic acid groups (broad SMARTS) is 1. The van der Waals surface area contributed by atoms with Crippen molar-refractivity contribution in [1.29, 1.82) is 0 Å². The summed E-state index contributed by atoms with van der Waals surface area (Å²) in [5.74, 6) is -0.948. The van der Waals surface area contributed by atoms with Gasteiger partial charge in [-0.2, -0.15) is 0 Å². The zero-order valence-corrected chi connectivity index (χ0v) is 11.8. The molecule has 0 spiro atoms. The highest BCUT2D eigenvalue weighted by molar-refractivity contribution is 6.07. The molecule has 1 heterocycles. The minimum Gasteiger partial charge on any atom is -0.481 e. The summed E-state index contributed by atoms with van der Waals surface area (Å²) in [6, 6.07) is 16.5. The maximum absolute atomic E-state index is 12.0. The van der Waals surface area contributed by atoms with E-state index in [0.29, 0.717) is 24.4 Å². The van der Waals surface area contributed by atoms with E-state index in [2.05, 4.69) is 0 Å². The van der Waals surface area contributed by atoms with Crippen LogP contribution in [0.3, 0.4) is 0 Å². The smallest absolute Gasteiger partial charge is 0.316 e. The molecule has 5 nitrogen and oxygen atoms in total. The molecule has 1 atom stereocenters. The number of benzene rings is 2. The summed E-state index contributed by atoms with van der Waals surface area (Å²) in [6.45, 7) is 0.425. The van der Waals surface area contributed by atoms with E-state index in [1.807, 2.05) is 30.3 Å². The summed E-state index contributed by atoms with van der Waals surface area (Å²) in [5.41, 5.74) is 0.689. The first-order chi connectivity index (χ1) is 10.6. The zero-order valence-electron chi connectivity index (χ0n) is 11.8. The maximum atomic E-state index is 12.0. The van der Waals surface area contributed by atoms with Crippen molar-refractivity contribution in [3.05, 3.63) is 54.6 Å². The number of hydrogen-bond donors (Lipinski definition) is 1. The van der Waals surface area contributed by atoms with Crippen molar-refractivity contribution < 1.29 is 19.4 Å². The van der Waals surface area contributed by atoms with Gasteiger partial charge in [0.2, 0.25) is 5.91 Å². The molecule has 1 N–H and O–H groups in total. The zero-order chi connectivity index (χ0) is 15.5. The number of carbonyl (C=O) groups excluding carboxylic acids is 1. The monoisotopic (exact) mass is 297 g/mol. The SMILES string of the molecule is O=C(O)C1CCN(c2ccc(Oc3ccccc3)cc2)C1=O. The fourth-order valence-corrected chi connectivity index (χ4v) is 2.48. The largest absolute Gasteiger partial charge is 0.481 e. The number of carboxylic acids is 1. The summed E-state index contributed by atoms with van der Waals surface area (Å²) in [4.78, 5) is 24.5. The Morgan fingerprint density at radius 1 is 1.05 bits per heavy atom. The quantitative estimate of drug-likeness (QED) is 0.881. The Hall–Kier alpha value is -2.82. The third-order valence-electron chi connectivity index (χ3n) is 3.63. The molecule has 1 aliphatic heterocycles. The molecule has 1 aliphatic rings. The predicted octanol–water partition coefficient (Wildman–Crippen LogP) is 2.92. The molecule has 1 amide bonds. The van der Waals surface area contributed by atoms with Crippen LogP contribution in [0.5, 0.6) is 11.5 Å². The average Bonchev–Trinajstić information content (AvgIpc) is 2.91. The van der Waals surface area contributed by atoms with E-state index in [0.717, 1.165) is 5.75 Å². The molecular formula is C17H15NO4. The van der Waals surface area contributed by atoms with Crippen LogP contribution in [0.1, 0.15) is 6.42 Å². The molecule has 5 heteroatoms. The van der Waals surface area contributed by atoms with Crippen molar-refractivity contribution in [3.8, 4) is 11.5 Å². The topological polar surface area (TPSA) is 66.8 Å². The second-order valence-corrected chi connectivity index (χ2v) is 5.08. The summed E-state index contributed by atoms with van der Waals surface area (Å²) >= 11 is 0. The molecule has 0 saturated carbocycles. The van der Waals surface area contributed by atoms with Gasteiger partial charge in [-0.1, -0.05) is 18.2 Å². The Bertz CT molecular complexity index is 682. The van der Waals surface area contributed by atoms with Gasteiger partial charge in [0.25, 0.3) is 0 Å². The molecule has 2 aromatic carbocycles. The number of nitrogens with zero attached hydrogens (tertiary/aromatic N) is 1. The highest BCUT2D eigenvalue weighted by Gasteiger charge is 2.37. The Morgan fingerprint density at radius 2 is 1.68 bits per heavy atom. The number of rotatable bonds is 4. The van der Waals surface area contributed by atoms with Gasteiger partial charge in [-0.25, -0.2) is 0 Å². The first-order valence-corrected chi connectivity index (χ1v) is 7.02. The first kappa shape index (κ1) is 14.1. The average molecular weight is 297 g/mol. The van der Waals surface area contributed by atoms with Gasteiger partial charge in [-0.05, 0) is 42.8 Å². The molecule has 1 saturated heterocycles. The minimum atomic E-state index is -1.06. The van der Waals surface area contributed by atoms with Gasteiger partial charge < -0.3 is 14.7 Å². The normalized spacial score (nSPS) is 17.5. The summed E-state index contributed by atoms with van der Waals surface area (Å²) < 4.78 is 5.68. The van der Waals surface area contributed by atoms with Gasteiger partial charge in [0, 0.05) is 12.2 Å². The van der Waals surface area contributed by atoms with Crippen molar-refractivity contribution in [2.45, 2.75) is 6.42 Å². The predicted molar refractivity (Wildman–Crippen MR) is 81.1 cm³/mol. The van der Waals surface area contributed by atoms with E-state index < -0.39 is 11.9 Å². The van der Waals surface area contributed by atoms with E-state index in [4.69, 9.17) is 9.84 Å². The summed E-state index contributed by atoms with van der Waals surface area (Å²) in [7, 11) is 0. The lowest BCUT2D eigenvalue weighted by Gasteiger charge is -2.16. The lowest BCUT2D eigenvalue weighted by molar-refractivity contribution is -0.144. The van der Waals surface area contributed by atoms with E-state index >= 15 is 0 Å². The van der Waals surface area contributed by atoms with Crippen LogP contribution in [0.15, 0.2) is 54.6 Å². The highest BCUT2D eigenvalue weighted by Crippen LogP contribution is 2.28. The molecule has 0 aromatic heterocycles. The first-order valence-electron chi connectivity index (χ1n) is 7.02. The second-order valence-electron chi connectivity index (χ2n) is 5.08. The van der Waals surface area contributed by atoms with E-state index in [9.17, 15) is 9.59 Å².